The lowest BCUT2D eigenvalue weighted by Gasteiger charge is -2.04. The van der Waals surface area contributed by atoms with Gasteiger partial charge >= 0.3 is 0 Å². The maximum Gasteiger partial charge on any atom is 0.181 e. The zero-order valence-electron chi connectivity index (χ0n) is 9.06. The summed E-state index contributed by atoms with van der Waals surface area (Å²) in [6, 6.07) is 14.5. The van der Waals surface area contributed by atoms with Gasteiger partial charge in [-0.15, -0.1) is 0 Å². The summed E-state index contributed by atoms with van der Waals surface area (Å²) >= 11 is 3.43. The van der Waals surface area contributed by atoms with Gasteiger partial charge in [0, 0.05) is 10.9 Å². The highest BCUT2D eigenvalue weighted by Crippen LogP contribution is 2.31. The Morgan fingerprint density at radius 3 is 2.76 bits per heavy atom. The molecule has 0 radical (unpaired) electrons. The van der Waals surface area contributed by atoms with Gasteiger partial charge in [0.15, 0.2) is 12.2 Å². The summed E-state index contributed by atoms with van der Waals surface area (Å²) in [5, 5.41) is 3.10. The number of hydrogen-bond donors (Lipinski definition) is 0. The Morgan fingerprint density at radius 2 is 1.88 bits per heavy atom. The van der Waals surface area contributed by atoms with E-state index in [-0.39, 0.29) is 0 Å². The van der Waals surface area contributed by atoms with Crippen molar-refractivity contribution >= 4 is 26.7 Å². The van der Waals surface area contributed by atoms with E-state index >= 15 is 0 Å². The number of benzene rings is 2. The number of oxazole rings is 1. The SMILES string of the molecule is BrCc1ncoc1-c1cccc2ccccc12. The van der Waals surface area contributed by atoms with E-state index in [1.165, 1.54) is 17.2 Å². The van der Waals surface area contributed by atoms with E-state index < -0.39 is 0 Å². The molecule has 0 saturated heterocycles. The van der Waals surface area contributed by atoms with Gasteiger partial charge in [0.25, 0.3) is 0 Å². The maximum atomic E-state index is 5.51. The highest BCUT2D eigenvalue weighted by Gasteiger charge is 2.11. The van der Waals surface area contributed by atoms with Gasteiger partial charge in [0.1, 0.15) is 0 Å². The average Bonchev–Trinajstić information content (AvgIpc) is 2.86. The van der Waals surface area contributed by atoms with Gasteiger partial charge in [0.05, 0.1) is 5.69 Å². The average molecular weight is 288 g/mol. The largest absolute Gasteiger partial charge is 0.443 e. The van der Waals surface area contributed by atoms with Crippen molar-refractivity contribution < 1.29 is 4.42 Å². The molecule has 0 fully saturated rings. The van der Waals surface area contributed by atoms with Gasteiger partial charge < -0.3 is 4.42 Å². The Kier molecular flexibility index (Phi) is 2.69. The fraction of sp³-hybridized carbons (Fsp3) is 0.0714. The summed E-state index contributed by atoms with van der Waals surface area (Å²) in [5.41, 5.74) is 2.02. The van der Waals surface area contributed by atoms with Crippen molar-refractivity contribution in [1.29, 1.82) is 0 Å². The summed E-state index contributed by atoms with van der Waals surface area (Å²) < 4.78 is 5.51. The monoisotopic (exact) mass is 287 g/mol. The molecule has 0 amide bonds. The lowest BCUT2D eigenvalue weighted by Crippen LogP contribution is -1.84. The van der Waals surface area contributed by atoms with Crippen molar-refractivity contribution in [2.75, 3.05) is 0 Å². The second kappa shape index (κ2) is 4.34. The minimum Gasteiger partial charge on any atom is -0.443 e. The van der Waals surface area contributed by atoms with Crippen LogP contribution < -0.4 is 0 Å². The summed E-state index contributed by atoms with van der Waals surface area (Å²) in [6.07, 6.45) is 1.49. The molecule has 0 aliphatic heterocycles. The maximum absolute atomic E-state index is 5.51. The molecule has 0 aliphatic carbocycles. The molecule has 3 aromatic rings. The van der Waals surface area contributed by atoms with Crippen LogP contribution in [0.2, 0.25) is 0 Å². The van der Waals surface area contributed by atoms with Crippen molar-refractivity contribution in [1.82, 2.24) is 4.98 Å². The Morgan fingerprint density at radius 1 is 1.06 bits per heavy atom. The Balaban J connectivity index is 2.31. The first-order chi connectivity index (χ1) is 8.40. The molecule has 3 rings (SSSR count). The second-order valence-corrected chi connectivity index (χ2v) is 4.35. The van der Waals surface area contributed by atoms with Crippen LogP contribution in [0.15, 0.2) is 53.3 Å². The van der Waals surface area contributed by atoms with Crippen molar-refractivity contribution in [2.45, 2.75) is 5.33 Å². The predicted molar refractivity (Wildman–Crippen MR) is 72.1 cm³/mol. The minimum absolute atomic E-state index is 0.696. The van der Waals surface area contributed by atoms with Gasteiger partial charge in [-0.2, -0.15) is 0 Å². The van der Waals surface area contributed by atoms with E-state index in [9.17, 15) is 0 Å². The fourth-order valence-electron chi connectivity index (χ4n) is 2.01. The fourth-order valence-corrected chi connectivity index (χ4v) is 2.41. The van der Waals surface area contributed by atoms with Crippen LogP contribution in [0.25, 0.3) is 22.1 Å². The van der Waals surface area contributed by atoms with Crippen molar-refractivity contribution in [3.63, 3.8) is 0 Å². The summed E-state index contributed by atoms with van der Waals surface area (Å²) in [7, 11) is 0. The van der Waals surface area contributed by atoms with E-state index in [0.29, 0.717) is 5.33 Å². The van der Waals surface area contributed by atoms with Gasteiger partial charge in [-0.05, 0) is 10.8 Å². The molecular weight excluding hydrogens is 278 g/mol. The molecule has 1 heterocycles. The Hall–Kier alpha value is -1.61. The highest BCUT2D eigenvalue weighted by molar-refractivity contribution is 9.08. The molecule has 0 unspecified atom stereocenters. The van der Waals surface area contributed by atoms with Crippen LogP contribution in [0, 0.1) is 0 Å². The third-order valence-corrected chi connectivity index (χ3v) is 3.33. The molecular formula is C14H10BrNO. The first-order valence-corrected chi connectivity index (χ1v) is 6.49. The third-order valence-electron chi connectivity index (χ3n) is 2.80. The molecule has 0 spiro atoms. The summed E-state index contributed by atoms with van der Waals surface area (Å²) in [4.78, 5) is 4.20. The molecule has 0 atom stereocenters. The van der Waals surface area contributed by atoms with E-state index in [0.717, 1.165) is 17.0 Å². The zero-order chi connectivity index (χ0) is 11.7. The van der Waals surface area contributed by atoms with Crippen molar-refractivity contribution in [3.05, 3.63) is 54.6 Å². The van der Waals surface area contributed by atoms with Gasteiger partial charge in [0.2, 0.25) is 0 Å². The van der Waals surface area contributed by atoms with Gasteiger partial charge in [-0.3, -0.25) is 0 Å². The molecule has 1 aromatic heterocycles. The van der Waals surface area contributed by atoms with Crippen molar-refractivity contribution in [3.8, 4) is 11.3 Å². The topological polar surface area (TPSA) is 26.0 Å². The number of aromatic nitrogens is 1. The summed E-state index contributed by atoms with van der Waals surface area (Å²) in [6.45, 7) is 0. The Bertz CT molecular complexity index is 655. The van der Waals surface area contributed by atoms with Crippen LogP contribution in [0.3, 0.4) is 0 Å². The minimum atomic E-state index is 0.696. The van der Waals surface area contributed by atoms with Gasteiger partial charge in [-0.1, -0.05) is 58.4 Å². The number of rotatable bonds is 2. The molecule has 2 aromatic carbocycles. The molecule has 3 heteroatoms. The zero-order valence-corrected chi connectivity index (χ0v) is 10.6. The first-order valence-electron chi connectivity index (χ1n) is 5.36. The molecule has 0 bridgehead atoms. The molecule has 0 saturated carbocycles. The van der Waals surface area contributed by atoms with E-state index in [4.69, 9.17) is 4.42 Å². The number of fused-ring (bicyclic) bond motifs is 1. The predicted octanol–water partition coefficient (Wildman–Crippen LogP) is 4.39. The molecule has 0 aliphatic rings. The second-order valence-electron chi connectivity index (χ2n) is 3.79. The first kappa shape index (κ1) is 10.5. The quantitative estimate of drug-likeness (QED) is 0.654. The van der Waals surface area contributed by atoms with Crippen LogP contribution in [-0.2, 0) is 5.33 Å². The van der Waals surface area contributed by atoms with Crippen LogP contribution in [0.5, 0.6) is 0 Å². The lowest BCUT2D eigenvalue weighted by molar-refractivity contribution is 0.572. The van der Waals surface area contributed by atoms with E-state index in [2.05, 4.69) is 45.2 Å². The van der Waals surface area contributed by atoms with Gasteiger partial charge in [-0.25, -0.2) is 4.98 Å². The molecule has 84 valence electrons. The lowest BCUT2D eigenvalue weighted by atomic mass is 10.0. The highest BCUT2D eigenvalue weighted by atomic mass is 79.9. The van der Waals surface area contributed by atoms with E-state index in [1.54, 1.807) is 0 Å². The third kappa shape index (κ3) is 1.76. The molecule has 2 nitrogen and oxygen atoms in total. The number of hydrogen-bond acceptors (Lipinski definition) is 2. The molecule has 17 heavy (non-hydrogen) atoms. The number of nitrogens with zero attached hydrogens (tertiary/aromatic N) is 1. The number of halogens is 1. The summed E-state index contributed by atoms with van der Waals surface area (Å²) in [5.74, 6) is 0.846. The molecule has 0 N–H and O–H groups in total. The van der Waals surface area contributed by atoms with Crippen LogP contribution in [0.4, 0.5) is 0 Å². The van der Waals surface area contributed by atoms with Crippen LogP contribution >= 0.6 is 15.9 Å². The standard InChI is InChI=1S/C14H10BrNO/c15-8-13-14(17-9-16-13)12-7-3-5-10-4-1-2-6-11(10)12/h1-7,9H,8H2. The Labute approximate surface area is 107 Å². The van der Waals surface area contributed by atoms with Crippen LogP contribution in [0.1, 0.15) is 5.69 Å². The van der Waals surface area contributed by atoms with Crippen LogP contribution in [-0.4, -0.2) is 4.98 Å². The smallest absolute Gasteiger partial charge is 0.181 e. The number of alkyl halides is 1. The normalized spacial score (nSPS) is 10.9. The van der Waals surface area contributed by atoms with Crippen molar-refractivity contribution in [2.24, 2.45) is 0 Å². The van der Waals surface area contributed by atoms with E-state index in [1.807, 2.05) is 18.2 Å².